The van der Waals surface area contributed by atoms with Crippen molar-refractivity contribution in [2.24, 2.45) is 13.0 Å². The number of aliphatic hydroxyl groups is 1. The Morgan fingerprint density at radius 3 is 2.92 bits per heavy atom. The minimum atomic E-state index is -0.277. The summed E-state index contributed by atoms with van der Waals surface area (Å²) in [4.78, 5) is 2.35. The molecule has 0 amide bonds. The fourth-order valence-electron chi connectivity index (χ4n) is 3.78. The Morgan fingerprint density at radius 2 is 2.12 bits per heavy atom. The van der Waals surface area contributed by atoms with Gasteiger partial charge in [0.05, 0.1) is 11.8 Å². The lowest BCUT2D eigenvalue weighted by Gasteiger charge is -2.15. The summed E-state index contributed by atoms with van der Waals surface area (Å²) in [7, 11) is 2.08. The number of rotatable bonds is 4. The van der Waals surface area contributed by atoms with Crippen LogP contribution in [-0.2, 0) is 20.0 Å². The second kappa shape index (κ2) is 6.07. The first-order chi connectivity index (χ1) is 11.6. The summed E-state index contributed by atoms with van der Waals surface area (Å²) in [6.07, 6.45) is 2.65. The molecule has 0 spiro atoms. The van der Waals surface area contributed by atoms with E-state index < -0.39 is 0 Å². The number of nitrogens with zero attached hydrogens (tertiary/aromatic N) is 3. The Kier molecular flexibility index (Phi) is 3.90. The number of aromatic amines is 1. The van der Waals surface area contributed by atoms with Crippen molar-refractivity contribution in [1.82, 2.24) is 19.7 Å². The fraction of sp³-hybridized carbons (Fsp3) is 0.421. The highest BCUT2D eigenvalue weighted by Crippen LogP contribution is 2.24. The van der Waals surface area contributed by atoms with E-state index in [9.17, 15) is 5.11 Å². The van der Waals surface area contributed by atoms with Crippen LogP contribution in [0.25, 0.3) is 10.9 Å². The molecule has 1 saturated heterocycles. The summed E-state index contributed by atoms with van der Waals surface area (Å²) in [5.41, 5.74) is 4.68. The molecule has 0 radical (unpaired) electrons. The van der Waals surface area contributed by atoms with Crippen LogP contribution in [0.3, 0.4) is 0 Å². The molecular formula is C19H24N4O. The Labute approximate surface area is 141 Å². The van der Waals surface area contributed by atoms with Crippen LogP contribution in [-0.4, -0.2) is 44.0 Å². The molecule has 2 atom stereocenters. The SMILES string of the molecule is Cc1cc(C[C@@H]2CN(Cc3ccc4ccn(C)c4c3)C[C@H]2O)n[nH]1. The summed E-state index contributed by atoms with van der Waals surface area (Å²) in [5, 5.41) is 19.0. The number of fused-ring (bicyclic) bond motifs is 1. The molecule has 1 fully saturated rings. The highest BCUT2D eigenvalue weighted by atomic mass is 16.3. The van der Waals surface area contributed by atoms with E-state index in [-0.39, 0.29) is 12.0 Å². The van der Waals surface area contributed by atoms with Crippen LogP contribution < -0.4 is 0 Å². The quantitative estimate of drug-likeness (QED) is 0.774. The van der Waals surface area contributed by atoms with Gasteiger partial charge in [-0.3, -0.25) is 10.00 Å². The van der Waals surface area contributed by atoms with Crippen molar-refractivity contribution in [2.45, 2.75) is 26.0 Å². The van der Waals surface area contributed by atoms with Gasteiger partial charge in [-0.15, -0.1) is 0 Å². The first-order valence-corrected chi connectivity index (χ1v) is 8.54. The molecule has 1 aliphatic rings. The van der Waals surface area contributed by atoms with Crippen LogP contribution in [0.15, 0.2) is 36.5 Å². The number of nitrogens with one attached hydrogen (secondary N) is 1. The molecule has 2 aromatic heterocycles. The lowest BCUT2D eigenvalue weighted by Crippen LogP contribution is -2.21. The zero-order chi connectivity index (χ0) is 16.7. The first-order valence-electron chi connectivity index (χ1n) is 8.54. The largest absolute Gasteiger partial charge is 0.391 e. The van der Waals surface area contributed by atoms with Gasteiger partial charge in [0.2, 0.25) is 0 Å². The van der Waals surface area contributed by atoms with Gasteiger partial charge < -0.3 is 9.67 Å². The van der Waals surface area contributed by atoms with Crippen LogP contribution >= 0.6 is 0 Å². The standard InChI is InChI=1S/C19H24N4O/c1-13-7-17(21-20-13)9-16-11-23(12-19(16)24)10-14-3-4-15-5-6-22(2)18(15)8-14/h3-8,16,19,24H,9-12H2,1-2H3,(H,20,21)/t16-,19-/m1/s1. The Bertz CT molecular complexity index is 850. The number of aliphatic hydroxyl groups excluding tert-OH is 1. The van der Waals surface area contributed by atoms with Crippen LogP contribution in [0.5, 0.6) is 0 Å². The molecule has 5 nitrogen and oxygen atoms in total. The number of benzene rings is 1. The van der Waals surface area contributed by atoms with Gasteiger partial charge in [0.1, 0.15) is 0 Å². The Hall–Kier alpha value is -2.11. The molecule has 5 heteroatoms. The summed E-state index contributed by atoms with van der Waals surface area (Å²) in [6.45, 7) is 4.54. The van der Waals surface area contributed by atoms with Gasteiger partial charge in [0, 0.05) is 50.0 Å². The zero-order valence-electron chi connectivity index (χ0n) is 14.2. The highest BCUT2D eigenvalue weighted by Gasteiger charge is 2.31. The van der Waals surface area contributed by atoms with Crippen LogP contribution in [0.2, 0.25) is 0 Å². The van der Waals surface area contributed by atoms with Gasteiger partial charge in [-0.1, -0.05) is 12.1 Å². The minimum absolute atomic E-state index is 0.256. The summed E-state index contributed by atoms with van der Waals surface area (Å²) in [6, 6.07) is 10.8. The molecule has 0 aliphatic carbocycles. The lowest BCUT2D eigenvalue weighted by atomic mass is 10.0. The van der Waals surface area contributed by atoms with Crippen molar-refractivity contribution >= 4 is 10.9 Å². The van der Waals surface area contributed by atoms with Gasteiger partial charge in [0.25, 0.3) is 0 Å². The van der Waals surface area contributed by atoms with Crippen molar-refractivity contribution in [1.29, 1.82) is 0 Å². The minimum Gasteiger partial charge on any atom is -0.391 e. The maximum Gasteiger partial charge on any atom is 0.0711 e. The maximum absolute atomic E-state index is 10.4. The van der Waals surface area contributed by atoms with E-state index in [2.05, 4.69) is 63.2 Å². The van der Waals surface area contributed by atoms with Gasteiger partial charge in [-0.2, -0.15) is 5.10 Å². The molecule has 0 unspecified atom stereocenters. The Balaban J connectivity index is 1.44. The Morgan fingerprint density at radius 1 is 1.25 bits per heavy atom. The molecule has 24 heavy (non-hydrogen) atoms. The second-order valence-corrected chi connectivity index (χ2v) is 7.09. The summed E-state index contributed by atoms with van der Waals surface area (Å²) >= 11 is 0. The molecule has 126 valence electrons. The van der Waals surface area contributed by atoms with Crippen LogP contribution in [0, 0.1) is 12.8 Å². The van der Waals surface area contributed by atoms with E-state index in [1.165, 1.54) is 16.5 Å². The predicted molar refractivity (Wildman–Crippen MR) is 94.7 cm³/mol. The van der Waals surface area contributed by atoms with Crippen molar-refractivity contribution in [3.8, 4) is 0 Å². The van der Waals surface area contributed by atoms with E-state index in [1.54, 1.807) is 0 Å². The van der Waals surface area contributed by atoms with E-state index in [4.69, 9.17) is 0 Å². The van der Waals surface area contributed by atoms with E-state index in [0.29, 0.717) is 0 Å². The van der Waals surface area contributed by atoms with Crippen molar-refractivity contribution < 1.29 is 5.11 Å². The number of aromatic nitrogens is 3. The van der Waals surface area contributed by atoms with Gasteiger partial charge in [0.15, 0.2) is 0 Å². The second-order valence-electron chi connectivity index (χ2n) is 7.09. The third-order valence-electron chi connectivity index (χ3n) is 5.07. The summed E-state index contributed by atoms with van der Waals surface area (Å²) in [5.74, 6) is 0.256. The number of hydrogen-bond donors (Lipinski definition) is 2. The fourth-order valence-corrected chi connectivity index (χ4v) is 3.78. The molecule has 1 aliphatic heterocycles. The van der Waals surface area contributed by atoms with Crippen LogP contribution in [0.4, 0.5) is 0 Å². The van der Waals surface area contributed by atoms with Crippen molar-refractivity contribution in [3.05, 3.63) is 53.5 Å². The predicted octanol–water partition coefficient (Wildman–Crippen LogP) is 2.25. The number of β-amino-alcohol motifs (C(OH)–C–C–N with tert-alkyl or cyclic N) is 1. The molecule has 2 N–H and O–H groups in total. The number of hydrogen-bond acceptors (Lipinski definition) is 3. The molecular weight excluding hydrogens is 300 g/mol. The smallest absolute Gasteiger partial charge is 0.0711 e. The normalized spacial score (nSPS) is 21.8. The highest BCUT2D eigenvalue weighted by molar-refractivity contribution is 5.80. The van der Waals surface area contributed by atoms with Gasteiger partial charge in [-0.25, -0.2) is 0 Å². The molecule has 1 aromatic carbocycles. The maximum atomic E-state index is 10.4. The summed E-state index contributed by atoms with van der Waals surface area (Å²) < 4.78 is 2.15. The topological polar surface area (TPSA) is 57.1 Å². The van der Waals surface area contributed by atoms with E-state index in [1.807, 2.05) is 6.92 Å². The molecule has 4 rings (SSSR count). The number of likely N-dealkylation sites (tertiary alicyclic amines) is 1. The van der Waals surface area contributed by atoms with Crippen molar-refractivity contribution in [3.63, 3.8) is 0 Å². The van der Waals surface area contributed by atoms with Gasteiger partial charge in [-0.05, 0) is 42.5 Å². The molecule has 3 aromatic rings. The van der Waals surface area contributed by atoms with E-state index >= 15 is 0 Å². The third kappa shape index (κ3) is 2.97. The van der Waals surface area contributed by atoms with Crippen LogP contribution in [0.1, 0.15) is 17.0 Å². The number of aryl methyl sites for hydroxylation is 2. The molecule has 0 saturated carbocycles. The average Bonchev–Trinajstić information content (AvgIpc) is 3.22. The first kappa shape index (κ1) is 15.4. The monoisotopic (exact) mass is 324 g/mol. The lowest BCUT2D eigenvalue weighted by molar-refractivity contribution is 0.140. The van der Waals surface area contributed by atoms with Crippen molar-refractivity contribution in [2.75, 3.05) is 13.1 Å². The zero-order valence-corrected chi connectivity index (χ0v) is 14.2. The third-order valence-corrected chi connectivity index (χ3v) is 5.07. The average molecular weight is 324 g/mol. The number of H-pyrrole nitrogens is 1. The molecule has 3 heterocycles. The van der Waals surface area contributed by atoms with E-state index in [0.717, 1.165) is 37.4 Å². The molecule has 0 bridgehead atoms. The van der Waals surface area contributed by atoms with Gasteiger partial charge >= 0.3 is 0 Å².